The minimum Gasteiger partial charge on any atom is -0.238 e. The molecule has 0 aliphatic rings. The monoisotopic (exact) mass is 921 g/mol. The minimum atomic E-state index is 1.04. The molecule has 2 nitrogen and oxygen atoms in total. The van der Waals surface area contributed by atoms with Gasteiger partial charge in [-0.3, -0.25) is 0 Å². The summed E-state index contributed by atoms with van der Waals surface area (Å²) in [5.41, 5.74) is 4.49. The fourth-order valence-corrected chi connectivity index (χ4v) is 10.7. The third-order valence-corrected chi connectivity index (χ3v) is 15.3. The summed E-state index contributed by atoms with van der Waals surface area (Å²) >= 11 is 0. The number of aryl methyl sites for hydroxylation is 3. The zero-order valence-corrected chi connectivity index (χ0v) is 46.5. The molecule has 1 aromatic heterocycles. The van der Waals surface area contributed by atoms with Crippen LogP contribution in [0.15, 0.2) is 0 Å². The van der Waals surface area contributed by atoms with Crippen molar-refractivity contribution in [1.82, 2.24) is 9.97 Å². The van der Waals surface area contributed by atoms with Crippen LogP contribution in [0.25, 0.3) is 0 Å². The summed E-state index contributed by atoms with van der Waals surface area (Å²) in [6, 6.07) is 0. The molecule has 0 amide bonds. The summed E-state index contributed by atoms with van der Waals surface area (Å²) in [6.45, 7) is 9.26. The lowest BCUT2D eigenvalue weighted by molar-refractivity contribution is 0.524. The van der Waals surface area contributed by atoms with Crippen molar-refractivity contribution in [2.45, 2.75) is 387 Å². The Kier molecular flexibility index (Phi) is 51.1. The lowest BCUT2D eigenvalue weighted by atomic mass is 9.96. The molecule has 1 rings (SSSR count). The summed E-state index contributed by atoms with van der Waals surface area (Å²) in [6.07, 6.45) is 79.1. The van der Waals surface area contributed by atoms with E-state index >= 15 is 0 Å². The first kappa shape index (κ1) is 63.1. The number of nitrogens with zero attached hydrogens (tertiary/aromatic N) is 2. The minimum absolute atomic E-state index is 1.04. The van der Waals surface area contributed by atoms with Crippen LogP contribution in [0.5, 0.6) is 0 Å². The van der Waals surface area contributed by atoms with Crippen molar-refractivity contribution >= 4 is 0 Å². The van der Waals surface area contributed by atoms with Gasteiger partial charge in [0.1, 0.15) is 5.82 Å². The molecule has 0 N–H and O–H groups in total. The standard InChI is InChI=1S/C64H124N2/c1-5-9-12-15-18-21-24-27-30-33-36-39-42-45-48-51-54-58-61-62(59-55-52-49-46-43-40-37-34-31-28-25-22-19-16-13-10-6-2)65-64(57-8-4)66-63(61)60-56-53-50-47-44-41-38-35-32-29-26-23-20-17-14-11-7-3/h5-60H2,1-4H3. The van der Waals surface area contributed by atoms with Crippen LogP contribution >= 0.6 is 0 Å². The average Bonchev–Trinajstić information content (AvgIpc) is 3.32. The predicted octanol–water partition coefficient (Wildman–Crippen LogP) is 23.0. The van der Waals surface area contributed by atoms with Gasteiger partial charge >= 0.3 is 0 Å². The van der Waals surface area contributed by atoms with Crippen molar-refractivity contribution in [2.24, 2.45) is 0 Å². The highest BCUT2D eigenvalue weighted by Crippen LogP contribution is 2.24. The van der Waals surface area contributed by atoms with Gasteiger partial charge in [0.05, 0.1) is 0 Å². The van der Waals surface area contributed by atoms with Gasteiger partial charge < -0.3 is 0 Å². The molecule has 0 saturated heterocycles. The molecule has 2 heteroatoms. The summed E-state index contributed by atoms with van der Waals surface area (Å²) in [4.78, 5) is 10.7. The van der Waals surface area contributed by atoms with Crippen LogP contribution < -0.4 is 0 Å². The fraction of sp³-hybridized carbons (Fsp3) is 0.938. The Morgan fingerprint density at radius 2 is 0.364 bits per heavy atom. The van der Waals surface area contributed by atoms with E-state index in [9.17, 15) is 0 Å². The molecule has 0 spiro atoms. The van der Waals surface area contributed by atoms with Gasteiger partial charge in [-0.2, -0.15) is 0 Å². The van der Waals surface area contributed by atoms with Crippen molar-refractivity contribution in [3.8, 4) is 0 Å². The third-order valence-electron chi connectivity index (χ3n) is 15.3. The number of hydrogen-bond donors (Lipinski definition) is 0. The van der Waals surface area contributed by atoms with Gasteiger partial charge in [-0.15, -0.1) is 0 Å². The van der Waals surface area contributed by atoms with E-state index in [0.29, 0.717) is 0 Å². The second-order valence-electron chi connectivity index (χ2n) is 22.0. The molecule has 0 unspecified atom stereocenters. The van der Waals surface area contributed by atoms with Crippen molar-refractivity contribution in [3.05, 3.63) is 22.8 Å². The molecule has 1 aromatic rings. The van der Waals surface area contributed by atoms with Crippen LogP contribution in [0.2, 0.25) is 0 Å². The van der Waals surface area contributed by atoms with Crippen LogP contribution in [0, 0.1) is 0 Å². The molecule has 0 radical (unpaired) electrons. The molecule has 0 atom stereocenters. The highest BCUT2D eigenvalue weighted by molar-refractivity contribution is 5.27. The Labute approximate surface area is 418 Å². The first-order chi connectivity index (χ1) is 32.8. The van der Waals surface area contributed by atoms with E-state index in [0.717, 1.165) is 18.7 Å². The number of aromatic nitrogens is 2. The van der Waals surface area contributed by atoms with E-state index in [2.05, 4.69) is 27.7 Å². The van der Waals surface area contributed by atoms with Gasteiger partial charge in [-0.25, -0.2) is 9.97 Å². The van der Waals surface area contributed by atoms with Crippen LogP contribution in [0.4, 0.5) is 0 Å². The Morgan fingerprint density at radius 3 is 0.561 bits per heavy atom. The molecule has 1 heterocycles. The Balaban J connectivity index is 2.45. The zero-order valence-electron chi connectivity index (χ0n) is 46.5. The summed E-state index contributed by atoms with van der Waals surface area (Å²) in [5, 5.41) is 0. The largest absolute Gasteiger partial charge is 0.238 e. The highest BCUT2D eigenvalue weighted by atomic mass is 14.9. The molecule has 0 fully saturated rings. The first-order valence-electron chi connectivity index (χ1n) is 31.6. The van der Waals surface area contributed by atoms with E-state index in [-0.39, 0.29) is 0 Å². The van der Waals surface area contributed by atoms with Gasteiger partial charge in [0.15, 0.2) is 0 Å². The topological polar surface area (TPSA) is 25.8 Å². The molecular formula is C64H124N2. The number of unbranched alkanes of at least 4 members (excludes halogenated alkanes) is 48. The maximum atomic E-state index is 5.35. The number of rotatable bonds is 56. The first-order valence-corrected chi connectivity index (χ1v) is 31.6. The Hall–Kier alpha value is -0.920. The lowest BCUT2D eigenvalue weighted by Gasteiger charge is -2.16. The predicted molar refractivity (Wildman–Crippen MR) is 300 cm³/mol. The van der Waals surface area contributed by atoms with Gasteiger partial charge in [-0.1, -0.05) is 336 Å². The van der Waals surface area contributed by atoms with E-state index in [1.807, 2.05) is 0 Å². The third kappa shape index (κ3) is 43.1. The van der Waals surface area contributed by atoms with E-state index in [1.54, 1.807) is 5.56 Å². The van der Waals surface area contributed by atoms with Gasteiger partial charge in [0, 0.05) is 17.8 Å². The molecule has 0 aliphatic heterocycles. The lowest BCUT2D eigenvalue weighted by Crippen LogP contribution is -2.11. The second kappa shape index (κ2) is 53.4. The molecule has 0 saturated carbocycles. The zero-order chi connectivity index (χ0) is 47.3. The Morgan fingerprint density at radius 1 is 0.182 bits per heavy atom. The van der Waals surface area contributed by atoms with E-state index in [1.165, 1.54) is 358 Å². The normalized spacial score (nSPS) is 11.7. The van der Waals surface area contributed by atoms with Crippen molar-refractivity contribution < 1.29 is 0 Å². The molecule has 390 valence electrons. The van der Waals surface area contributed by atoms with Crippen LogP contribution in [-0.4, -0.2) is 9.97 Å². The summed E-state index contributed by atoms with van der Waals surface area (Å²) in [7, 11) is 0. The smallest absolute Gasteiger partial charge is 0.128 e. The van der Waals surface area contributed by atoms with Gasteiger partial charge in [0.25, 0.3) is 0 Å². The fourth-order valence-electron chi connectivity index (χ4n) is 10.7. The van der Waals surface area contributed by atoms with Crippen molar-refractivity contribution in [2.75, 3.05) is 0 Å². The van der Waals surface area contributed by atoms with Crippen molar-refractivity contribution in [3.63, 3.8) is 0 Å². The summed E-state index contributed by atoms with van der Waals surface area (Å²) < 4.78 is 0. The van der Waals surface area contributed by atoms with Crippen LogP contribution in [-0.2, 0) is 25.7 Å². The molecule has 0 bridgehead atoms. The molecule has 66 heavy (non-hydrogen) atoms. The SMILES string of the molecule is CCCCCCCCCCCCCCCCCCCc1nc(CCC)nc(CCCCCCCCCCCCCCCCCCC)c1CCCCCCCCCCCCCCCCCCC. The molecular weight excluding hydrogens is 797 g/mol. The van der Waals surface area contributed by atoms with E-state index in [4.69, 9.17) is 9.97 Å². The molecule has 0 aromatic carbocycles. The Bertz CT molecular complexity index is 1000. The second-order valence-corrected chi connectivity index (χ2v) is 22.0. The molecule has 0 aliphatic carbocycles. The highest BCUT2D eigenvalue weighted by Gasteiger charge is 2.15. The van der Waals surface area contributed by atoms with Crippen LogP contribution in [0.3, 0.4) is 0 Å². The average molecular weight is 922 g/mol. The van der Waals surface area contributed by atoms with Crippen LogP contribution in [0.1, 0.15) is 384 Å². The maximum Gasteiger partial charge on any atom is 0.128 e. The number of hydrogen-bond acceptors (Lipinski definition) is 2. The van der Waals surface area contributed by atoms with Gasteiger partial charge in [-0.05, 0) is 50.5 Å². The van der Waals surface area contributed by atoms with Gasteiger partial charge in [0.2, 0.25) is 0 Å². The summed E-state index contributed by atoms with van der Waals surface area (Å²) in [5.74, 6) is 1.15. The maximum absolute atomic E-state index is 5.35. The quantitative estimate of drug-likeness (QED) is 0.0609. The van der Waals surface area contributed by atoms with Crippen molar-refractivity contribution in [1.29, 1.82) is 0 Å². The van der Waals surface area contributed by atoms with E-state index < -0.39 is 0 Å².